The Morgan fingerprint density at radius 3 is 1.56 bits per heavy atom. The number of nitrogens with zero attached hydrogens (tertiary/aromatic N) is 1. The fourth-order valence-corrected chi connectivity index (χ4v) is 5.51. The van der Waals surface area contributed by atoms with E-state index in [1.807, 2.05) is 0 Å². The van der Waals surface area contributed by atoms with Crippen molar-refractivity contribution in [3.63, 3.8) is 0 Å². The lowest BCUT2D eigenvalue weighted by Gasteiger charge is -2.56. The van der Waals surface area contributed by atoms with Gasteiger partial charge in [-0.05, 0) is 79.2 Å². The molecule has 6 atom stereocenters. The highest BCUT2D eigenvalue weighted by molar-refractivity contribution is 5.05. The van der Waals surface area contributed by atoms with Gasteiger partial charge in [-0.15, -0.1) is 0 Å². The Hall–Kier alpha value is -0.120. The quantitative estimate of drug-likeness (QED) is 0.768. The summed E-state index contributed by atoms with van der Waals surface area (Å²) in [4.78, 5) is 2.94. The summed E-state index contributed by atoms with van der Waals surface area (Å²) in [5, 5.41) is 7.69. The number of piperidine rings is 2. The van der Waals surface area contributed by atoms with Gasteiger partial charge in [-0.2, -0.15) is 0 Å². The van der Waals surface area contributed by atoms with Crippen molar-refractivity contribution in [2.24, 2.45) is 11.8 Å². The molecule has 0 saturated carbocycles. The van der Waals surface area contributed by atoms with Crippen molar-refractivity contribution in [3.05, 3.63) is 0 Å². The second kappa shape index (κ2) is 7.86. The van der Waals surface area contributed by atoms with Crippen LogP contribution in [0, 0.1) is 11.8 Å². The lowest BCUT2D eigenvalue weighted by Crippen LogP contribution is -2.68. The van der Waals surface area contributed by atoms with Crippen LogP contribution in [0.5, 0.6) is 0 Å². The molecule has 3 nitrogen and oxygen atoms in total. The molecule has 0 aromatic heterocycles. The Balaban J connectivity index is 2.31. The second-order valence-electron chi connectivity index (χ2n) is 10.3. The number of hydrogen-bond donors (Lipinski definition) is 2. The first-order valence-corrected chi connectivity index (χ1v) is 10.8. The Labute approximate surface area is 157 Å². The van der Waals surface area contributed by atoms with Crippen LogP contribution in [0.1, 0.15) is 88.0 Å². The second-order valence-corrected chi connectivity index (χ2v) is 10.3. The van der Waals surface area contributed by atoms with Crippen molar-refractivity contribution < 1.29 is 0 Å². The fourth-order valence-electron chi connectivity index (χ4n) is 5.51. The zero-order valence-corrected chi connectivity index (χ0v) is 18.4. The van der Waals surface area contributed by atoms with Crippen molar-refractivity contribution >= 4 is 0 Å². The van der Waals surface area contributed by atoms with Crippen LogP contribution in [-0.2, 0) is 0 Å². The first-order valence-electron chi connectivity index (χ1n) is 10.8. The zero-order valence-electron chi connectivity index (χ0n) is 18.4. The van der Waals surface area contributed by atoms with Crippen molar-refractivity contribution in [3.8, 4) is 0 Å². The van der Waals surface area contributed by atoms with Crippen LogP contribution >= 0.6 is 0 Å². The molecule has 2 N–H and O–H groups in total. The number of hydrogen-bond acceptors (Lipinski definition) is 3. The molecule has 0 amide bonds. The molecule has 25 heavy (non-hydrogen) atoms. The van der Waals surface area contributed by atoms with Crippen LogP contribution in [0.15, 0.2) is 0 Å². The molecule has 0 spiro atoms. The van der Waals surface area contributed by atoms with Gasteiger partial charge in [0.1, 0.15) is 0 Å². The molecule has 0 aromatic rings. The minimum atomic E-state index is 0.212. The molecule has 0 bridgehead atoms. The summed E-state index contributed by atoms with van der Waals surface area (Å²) in [6, 6.07) is 2.57. The lowest BCUT2D eigenvalue weighted by molar-refractivity contribution is -0.0324. The van der Waals surface area contributed by atoms with Crippen LogP contribution in [-0.4, -0.2) is 46.7 Å². The van der Waals surface area contributed by atoms with Crippen molar-refractivity contribution in [2.45, 2.75) is 123 Å². The smallest absolute Gasteiger partial charge is 0.0168 e. The van der Waals surface area contributed by atoms with E-state index in [0.29, 0.717) is 36.0 Å². The molecule has 2 saturated heterocycles. The molecule has 2 aliphatic rings. The summed E-state index contributed by atoms with van der Waals surface area (Å²) in [5.74, 6) is 1.34. The summed E-state index contributed by atoms with van der Waals surface area (Å²) >= 11 is 0. The van der Waals surface area contributed by atoms with Gasteiger partial charge < -0.3 is 10.6 Å². The first kappa shape index (κ1) is 21.2. The predicted molar refractivity (Wildman–Crippen MR) is 110 cm³/mol. The first-order chi connectivity index (χ1) is 11.5. The summed E-state index contributed by atoms with van der Waals surface area (Å²) in [7, 11) is 0. The number of nitrogens with one attached hydrogen (secondary N) is 2. The van der Waals surface area contributed by atoms with E-state index in [0.717, 1.165) is 0 Å². The molecule has 0 radical (unpaired) electrons. The van der Waals surface area contributed by atoms with Crippen molar-refractivity contribution in [1.82, 2.24) is 15.5 Å². The number of unbranched alkanes of at least 4 members (excludes halogenated alkanes) is 1. The van der Waals surface area contributed by atoms with Gasteiger partial charge in [0.15, 0.2) is 0 Å². The van der Waals surface area contributed by atoms with E-state index in [1.54, 1.807) is 0 Å². The predicted octanol–water partition coefficient (Wildman–Crippen LogP) is 4.42. The highest BCUT2D eigenvalue weighted by atomic mass is 15.2. The Kier molecular flexibility index (Phi) is 6.66. The van der Waals surface area contributed by atoms with Gasteiger partial charge in [0.05, 0.1) is 0 Å². The SMILES string of the molecule is CCCCN(C1CC(C)NC(C)(C)C1C)C1CC(C)NC(C)(C)C1C. The molecule has 0 aliphatic carbocycles. The van der Waals surface area contributed by atoms with Crippen LogP contribution < -0.4 is 10.6 Å². The van der Waals surface area contributed by atoms with E-state index in [-0.39, 0.29) is 11.1 Å². The third-order valence-electron chi connectivity index (χ3n) is 7.48. The molecular weight excluding hydrogens is 306 g/mol. The van der Waals surface area contributed by atoms with Crippen LogP contribution in [0.25, 0.3) is 0 Å². The summed E-state index contributed by atoms with van der Waals surface area (Å²) in [6.45, 7) is 22.9. The highest BCUT2D eigenvalue weighted by Gasteiger charge is 2.47. The van der Waals surface area contributed by atoms with Gasteiger partial charge in [-0.1, -0.05) is 27.2 Å². The van der Waals surface area contributed by atoms with Gasteiger partial charge in [-0.3, -0.25) is 4.90 Å². The van der Waals surface area contributed by atoms with E-state index in [2.05, 4.69) is 77.8 Å². The molecule has 2 fully saturated rings. The molecule has 2 aliphatic heterocycles. The maximum Gasteiger partial charge on any atom is 0.0168 e. The minimum absolute atomic E-state index is 0.212. The molecule has 148 valence electrons. The molecule has 3 heteroatoms. The van der Waals surface area contributed by atoms with E-state index in [9.17, 15) is 0 Å². The topological polar surface area (TPSA) is 27.3 Å². The van der Waals surface area contributed by atoms with Gasteiger partial charge in [0.2, 0.25) is 0 Å². The maximum absolute atomic E-state index is 3.85. The maximum atomic E-state index is 3.85. The van der Waals surface area contributed by atoms with Gasteiger partial charge in [0.25, 0.3) is 0 Å². The molecule has 2 heterocycles. The third kappa shape index (κ3) is 4.59. The molecule has 6 unspecified atom stereocenters. The average molecular weight is 352 g/mol. The summed E-state index contributed by atoms with van der Waals surface area (Å²) < 4.78 is 0. The van der Waals surface area contributed by atoms with Crippen LogP contribution in [0.4, 0.5) is 0 Å². The number of rotatable bonds is 5. The van der Waals surface area contributed by atoms with Gasteiger partial charge >= 0.3 is 0 Å². The molecule has 0 aromatic carbocycles. The average Bonchev–Trinajstić information content (AvgIpc) is 2.47. The minimum Gasteiger partial charge on any atom is -0.309 e. The normalized spacial score (nSPS) is 41.0. The van der Waals surface area contributed by atoms with Crippen LogP contribution in [0.2, 0.25) is 0 Å². The zero-order chi connectivity index (χ0) is 19.0. The highest BCUT2D eigenvalue weighted by Crippen LogP contribution is 2.38. The van der Waals surface area contributed by atoms with E-state index >= 15 is 0 Å². The van der Waals surface area contributed by atoms with Crippen molar-refractivity contribution in [1.29, 1.82) is 0 Å². The summed E-state index contributed by atoms with van der Waals surface area (Å²) in [6.07, 6.45) is 5.16. The van der Waals surface area contributed by atoms with Crippen molar-refractivity contribution in [2.75, 3.05) is 6.54 Å². The van der Waals surface area contributed by atoms with Gasteiger partial charge in [-0.25, -0.2) is 0 Å². The fraction of sp³-hybridized carbons (Fsp3) is 1.00. The van der Waals surface area contributed by atoms with E-state index < -0.39 is 0 Å². The molecule has 2 rings (SSSR count). The van der Waals surface area contributed by atoms with Gasteiger partial charge in [0, 0.05) is 35.2 Å². The van der Waals surface area contributed by atoms with E-state index in [1.165, 1.54) is 32.2 Å². The standard InChI is InChI=1S/C22H45N3/c1-10-11-12-25(19-13-15(2)23-21(6,7)17(19)4)20-14-16(3)24-22(8,9)18(20)5/h15-20,23-24H,10-14H2,1-9H3. The Morgan fingerprint density at radius 1 is 0.800 bits per heavy atom. The largest absolute Gasteiger partial charge is 0.309 e. The van der Waals surface area contributed by atoms with Crippen LogP contribution in [0.3, 0.4) is 0 Å². The third-order valence-corrected chi connectivity index (χ3v) is 7.48. The Bertz CT molecular complexity index is 395. The Morgan fingerprint density at radius 2 is 1.20 bits per heavy atom. The molecular formula is C22H45N3. The monoisotopic (exact) mass is 351 g/mol. The summed E-state index contributed by atoms with van der Waals surface area (Å²) in [5.41, 5.74) is 0.425. The lowest BCUT2D eigenvalue weighted by atomic mass is 9.71. The van der Waals surface area contributed by atoms with E-state index in [4.69, 9.17) is 0 Å².